The molecular weight excluding hydrogens is 794 g/mol. The first-order chi connectivity index (χ1) is 29.0. The summed E-state index contributed by atoms with van der Waals surface area (Å²) in [4.78, 5) is 62.7. The second-order valence-corrected chi connectivity index (χ2v) is 18.7. The molecule has 2 aromatic heterocycles. The van der Waals surface area contributed by atoms with Crippen molar-refractivity contribution in [1.29, 1.82) is 0 Å². The number of nitrogens with zero attached hydrogens (tertiary/aromatic N) is 4. The Labute approximate surface area is 346 Å². The number of benzene rings is 2. The lowest BCUT2D eigenvalue weighted by molar-refractivity contribution is -0.141. The van der Waals surface area contributed by atoms with Gasteiger partial charge in [0.25, 0.3) is 5.91 Å². The van der Waals surface area contributed by atoms with E-state index in [1.54, 1.807) is 22.7 Å². The van der Waals surface area contributed by atoms with E-state index < -0.39 is 74.5 Å². The van der Waals surface area contributed by atoms with E-state index in [1.165, 1.54) is 17.0 Å². The zero-order valence-electron chi connectivity index (χ0n) is 33.1. The van der Waals surface area contributed by atoms with Gasteiger partial charge in [-0.25, -0.2) is 22.6 Å². The van der Waals surface area contributed by atoms with Gasteiger partial charge >= 0.3 is 6.09 Å². The Bertz CT molecular complexity index is 2470. The van der Waals surface area contributed by atoms with Crippen LogP contribution in [-0.2, 0) is 29.1 Å². The van der Waals surface area contributed by atoms with Gasteiger partial charge in [-0.1, -0.05) is 37.1 Å². The molecule has 3 saturated carbocycles. The number of amides is 4. The van der Waals surface area contributed by atoms with Gasteiger partial charge < -0.3 is 25.0 Å². The molecule has 3 aliphatic carbocycles. The lowest BCUT2D eigenvalue weighted by atomic mass is 10.0. The maximum atomic E-state index is 14.7. The Morgan fingerprint density at radius 3 is 2.48 bits per heavy atom. The first-order valence-electron chi connectivity index (χ1n) is 21.0. The Hall–Kier alpha value is -5.58. The van der Waals surface area contributed by atoms with Gasteiger partial charge in [0.1, 0.15) is 35.6 Å². The number of hydrogen-bond donors (Lipinski definition) is 3. The summed E-state index contributed by atoms with van der Waals surface area (Å²) in [5, 5.41) is 10.6. The Balaban J connectivity index is 1.05. The highest BCUT2D eigenvalue weighted by Gasteiger charge is 2.62. The number of carbonyl (C=O) groups is 4. The Morgan fingerprint density at radius 2 is 1.70 bits per heavy atom. The van der Waals surface area contributed by atoms with Crippen molar-refractivity contribution in [3.05, 3.63) is 72.6 Å². The van der Waals surface area contributed by atoms with Crippen LogP contribution >= 0.6 is 0 Å². The largest absolute Gasteiger partial charge is 0.472 e. The van der Waals surface area contributed by atoms with Crippen LogP contribution in [0, 0.1) is 11.7 Å². The third kappa shape index (κ3) is 8.15. The fourth-order valence-corrected chi connectivity index (χ4v) is 10.2. The maximum absolute atomic E-state index is 14.7. The number of hydrogen-bond acceptors (Lipinski definition) is 10. The molecule has 4 heterocycles. The molecule has 4 amide bonds. The van der Waals surface area contributed by atoms with Crippen LogP contribution in [0.5, 0.6) is 5.88 Å². The molecule has 316 valence electrons. The van der Waals surface area contributed by atoms with Crippen molar-refractivity contribution in [1.82, 2.24) is 34.9 Å². The molecule has 0 radical (unpaired) electrons. The fourth-order valence-electron chi connectivity index (χ4n) is 8.81. The fraction of sp³-hybridized carbons (Fsp3) is 0.488. The number of rotatable bonds is 8. The molecule has 5 aliphatic rings. The van der Waals surface area contributed by atoms with E-state index in [0.717, 1.165) is 43.9 Å². The van der Waals surface area contributed by atoms with Crippen molar-refractivity contribution in [2.24, 2.45) is 5.92 Å². The van der Waals surface area contributed by atoms with Crippen LogP contribution in [-0.4, -0.2) is 93.4 Å². The molecule has 15 nitrogen and oxygen atoms in total. The van der Waals surface area contributed by atoms with Gasteiger partial charge in [-0.2, -0.15) is 9.61 Å². The molecule has 5 atom stereocenters. The molecule has 3 N–H and O–H groups in total. The molecule has 17 heteroatoms. The zero-order valence-corrected chi connectivity index (χ0v) is 33.9. The molecule has 60 heavy (non-hydrogen) atoms. The number of sulfonamides is 1. The molecular formula is C43H48FN7O8S. The number of fused-ring (bicyclic) bond motifs is 5. The van der Waals surface area contributed by atoms with Crippen molar-refractivity contribution in [3.8, 4) is 17.1 Å². The zero-order chi connectivity index (χ0) is 41.6. The van der Waals surface area contributed by atoms with Crippen molar-refractivity contribution in [2.45, 2.75) is 119 Å². The normalized spacial score (nSPS) is 27.0. The van der Waals surface area contributed by atoms with E-state index in [0.29, 0.717) is 54.5 Å². The first kappa shape index (κ1) is 39.9. The van der Waals surface area contributed by atoms with Gasteiger partial charge in [0.05, 0.1) is 23.0 Å². The lowest BCUT2D eigenvalue weighted by Gasteiger charge is -2.30. The number of alkyl carbamates (subject to hydrolysis) is 1. The third-order valence-electron chi connectivity index (χ3n) is 12.4. The van der Waals surface area contributed by atoms with Crippen LogP contribution < -0.4 is 20.1 Å². The lowest BCUT2D eigenvalue weighted by Crippen LogP contribution is -2.58. The number of ether oxygens (including phenoxy) is 2. The molecule has 2 aromatic carbocycles. The minimum Gasteiger partial charge on any atom is -0.472 e. The molecule has 4 aromatic rings. The monoisotopic (exact) mass is 841 g/mol. The Kier molecular flexibility index (Phi) is 10.7. The molecule has 9 rings (SSSR count). The van der Waals surface area contributed by atoms with Crippen LogP contribution in [0.25, 0.3) is 27.8 Å². The van der Waals surface area contributed by atoms with E-state index in [4.69, 9.17) is 19.6 Å². The summed E-state index contributed by atoms with van der Waals surface area (Å²) in [7, 11) is -3.92. The Morgan fingerprint density at radius 1 is 0.933 bits per heavy atom. The highest BCUT2D eigenvalue weighted by atomic mass is 32.2. The minimum atomic E-state index is -3.92. The van der Waals surface area contributed by atoms with E-state index >= 15 is 0 Å². The second kappa shape index (κ2) is 16.1. The van der Waals surface area contributed by atoms with Crippen molar-refractivity contribution in [2.75, 3.05) is 6.54 Å². The minimum absolute atomic E-state index is 0.00806. The van der Waals surface area contributed by atoms with Crippen LogP contribution in [0.15, 0.2) is 66.7 Å². The predicted molar refractivity (Wildman–Crippen MR) is 217 cm³/mol. The summed E-state index contributed by atoms with van der Waals surface area (Å²) < 4.78 is 56.0. The van der Waals surface area contributed by atoms with Gasteiger partial charge in [-0.05, 0) is 101 Å². The smallest absolute Gasteiger partial charge is 0.408 e. The third-order valence-corrected chi connectivity index (χ3v) is 14.2. The van der Waals surface area contributed by atoms with Crippen LogP contribution in [0.2, 0.25) is 0 Å². The number of halogens is 1. The average molecular weight is 842 g/mol. The molecule has 0 spiro atoms. The topological polar surface area (TPSA) is 190 Å². The highest BCUT2D eigenvalue weighted by molar-refractivity contribution is 7.91. The number of carbonyl (C=O) groups excluding carboxylic acids is 4. The molecule has 0 bridgehead atoms. The maximum Gasteiger partial charge on any atom is 0.408 e. The number of nitrogens with one attached hydrogen (secondary N) is 3. The van der Waals surface area contributed by atoms with Crippen LogP contribution in [0.1, 0.15) is 83.5 Å². The van der Waals surface area contributed by atoms with Gasteiger partial charge in [-0.3, -0.25) is 19.1 Å². The standard InChI is InChI=1S/C43H48FN7O8S/c44-28-18-16-26(17-19-28)35-23-37(51-38(45-35)32-13-8-9-14-33(32)48-51)58-30-22-36-39(52)47-43(41(54)49-60(56,57)31-20-21-31)24-27(43)10-4-2-1-3-5-15-34(40(53)50(36)25-30)46-42(55)59-29-11-6-7-12-29/h4,8-10,13-14,16-19,23,27,29-31,34,36H,1-3,5-7,11-12,15,20-22,24-25H2,(H,46,55)(H,47,52)(H,49,54)/b10-4-/t27-,30+,34-,36-,43+/m0/s1. The summed E-state index contributed by atoms with van der Waals surface area (Å²) in [5.41, 5.74) is 0.704. The summed E-state index contributed by atoms with van der Waals surface area (Å²) in [6, 6.07) is 12.8. The van der Waals surface area contributed by atoms with Gasteiger partial charge in [0, 0.05) is 29.4 Å². The average Bonchev–Trinajstić information content (AvgIpc) is 4.04. The van der Waals surface area contributed by atoms with E-state index in [-0.39, 0.29) is 31.4 Å². The van der Waals surface area contributed by atoms with Crippen molar-refractivity contribution < 1.29 is 41.5 Å². The highest BCUT2D eigenvalue weighted by Crippen LogP contribution is 2.46. The van der Waals surface area contributed by atoms with E-state index in [2.05, 4.69) is 15.4 Å². The molecule has 0 unspecified atom stereocenters. The second-order valence-electron chi connectivity index (χ2n) is 16.7. The first-order valence-corrected chi connectivity index (χ1v) is 22.6. The van der Waals surface area contributed by atoms with Gasteiger partial charge in [-0.15, -0.1) is 0 Å². The van der Waals surface area contributed by atoms with E-state index in [1.807, 2.05) is 36.4 Å². The number of allylic oxidation sites excluding steroid dienone is 1. The summed E-state index contributed by atoms with van der Waals surface area (Å²) in [6.07, 6.45) is 9.73. The summed E-state index contributed by atoms with van der Waals surface area (Å²) in [6.45, 7) is -0.0676. The molecule has 2 aliphatic heterocycles. The summed E-state index contributed by atoms with van der Waals surface area (Å²) in [5.74, 6) is -2.56. The van der Waals surface area contributed by atoms with Crippen molar-refractivity contribution in [3.63, 3.8) is 0 Å². The predicted octanol–water partition coefficient (Wildman–Crippen LogP) is 5.08. The SMILES string of the molecule is O=C(N[C@H]1CCCCC/C=C\[C@H]2C[C@@]2(C(=O)NS(=O)(=O)C2CC2)NC(=O)[C@@H]2C[C@@H](Oc3cc(-c4ccc(F)cc4)nc4c5ccccc5nn34)CN2C1=O)OC1CCCC1. The van der Waals surface area contributed by atoms with E-state index in [9.17, 15) is 32.0 Å². The van der Waals surface area contributed by atoms with Crippen molar-refractivity contribution >= 4 is 50.4 Å². The molecule has 1 saturated heterocycles. The van der Waals surface area contributed by atoms with Gasteiger partial charge in [0.15, 0.2) is 5.65 Å². The summed E-state index contributed by atoms with van der Waals surface area (Å²) >= 11 is 0. The van der Waals surface area contributed by atoms with Crippen LogP contribution in [0.3, 0.4) is 0 Å². The van der Waals surface area contributed by atoms with Crippen LogP contribution in [0.4, 0.5) is 9.18 Å². The number of aromatic nitrogens is 3. The quantitative estimate of drug-likeness (QED) is 0.202. The molecule has 4 fully saturated rings. The van der Waals surface area contributed by atoms with Gasteiger partial charge in [0.2, 0.25) is 27.7 Å².